The molecule has 4 nitrogen and oxygen atoms in total. The second kappa shape index (κ2) is 8.27. The van der Waals surface area contributed by atoms with Crippen LogP contribution in [0.2, 0.25) is 0 Å². The molecule has 1 atom stereocenters. The number of carbonyl (C=O) groups is 1. The quantitative estimate of drug-likeness (QED) is 0.655. The van der Waals surface area contributed by atoms with Crippen molar-refractivity contribution in [2.24, 2.45) is 0 Å². The van der Waals surface area contributed by atoms with Crippen LogP contribution in [0.4, 0.5) is 0 Å². The summed E-state index contributed by atoms with van der Waals surface area (Å²) in [6.45, 7) is 10.5. The molecule has 0 bridgehead atoms. The predicted molar refractivity (Wildman–Crippen MR) is 71.2 cm³/mol. The normalized spacial score (nSPS) is 19.6. The van der Waals surface area contributed by atoms with Crippen LogP contribution in [0.3, 0.4) is 0 Å². The first-order valence-corrected chi connectivity index (χ1v) is 6.89. The van der Waals surface area contributed by atoms with Crippen LogP contribution in [0.1, 0.15) is 39.5 Å². The summed E-state index contributed by atoms with van der Waals surface area (Å²) in [6, 6.07) is 0. The topological polar surface area (TPSA) is 38.8 Å². The molecule has 1 saturated heterocycles. The molecule has 0 radical (unpaired) electrons. The second-order valence-corrected chi connectivity index (χ2v) is 4.50. The van der Waals surface area contributed by atoms with Crippen LogP contribution in [-0.4, -0.2) is 43.4 Å². The van der Waals surface area contributed by atoms with E-state index in [0.29, 0.717) is 18.6 Å². The number of ether oxygens (including phenoxy) is 2. The van der Waals surface area contributed by atoms with Gasteiger partial charge in [0.15, 0.2) is 6.29 Å². The third-order valence-corrected chi connectivity index (χ3v) is 3.20. The number of amides is 1. The summed E-state index contributed by atoms with van der Waals surface area (Å²) in [6.07, 6.45) is 3.72. The van der Waals surface area contributed by atoms with E-state index in [-0.39, 0.29) is 12.2 Å². The predicted octanol–water partition coefficient (Wildman–Crippen LogP) is 2.34. The number of likely N-dealkylation sites (N-methyl/N-ethyl adjacent to an activating group) is 1. The van der Waals surface area contributed by atoms with Crippen LogP contribution in [0.5, 0.6) is 0 Å². The first-order chi connectivity index (χ1) is 8.69. The maximum Gasteiger partial charge on any atom is 0.249 e. The molecule has 1 aliphatic heterocycles. The maximum atomic E-state index is 11.9. The number of carbonyl (C=O) groups excluding carboxylic acids is 1. The van der Waals surface area contributed by atoms with Gasteiger partial charge in [0, 0.05) is 31.7 Å². The fourth-order valence-electron chi connectivity index (χ4n) is 2.00. The molecular formula is C14H25NO3. The summed E-state index contributed by atoms with van der Waals surface area (Å²) in [5.41, 5.74) is 0.620. The molecule has 104 valence electrons. The van der Waals surface area contributed by atoms with Gasteiger partial charge in [0.25, 0.3) is 0 Å². The molecule has 0 spiro atoms. The molecule has 0 aromatic heterocycles. The van der Waals surface area contributed by atoms with Crippen LogP contribution in [0, 0.1) is 0 Å². The van der Waals surface area contributed by atoms with E-state index in [2.05, 4.69) is 6.58 Å². The van der Waals surface area contributed by atoms with E-state index in [1.807, 2.05) is 13.8 Å². The minimum atomic E-state index is -0.0879. The van der Waals surface area contributed by atoms with Crippen LogP contribution in [0.25, 0.3) is 0 Å². The monoisotopic (exact) mass is 255 g/mol. The molecule has 1 aliphatic rings. The fourth-order valence-corrected chi connectivity index (χ4v) is 2.00. The molecule has 1 unspecified atom stereocenters. The van der Waals surface area contributed by atoms with Gasteiger partial charge in [0.05, 0.1) is 6.61 Å². The summed E-state index contributed by atoms with van der Waals surface area (Å²) in [5, 5.41) is 0. The molecule has 1 heterocycles. The van der Waals surface area contributed by atoms with Crippen molar-refractivity contribution in [2.45, 2.75) is 45.8 Å². The molecule has 1 rings (SSSR count). The minimum Gasteiger partial charge on any atom is -0.353 e. The molecule has 0 N–H and O–H groups in total. The van der Waals surface area contributed by atoms with E-state index in [4.69, 9.17) is 9.47 Å². The lowest BCUT2D eigenvalue weighted by atomic mass is 10.2. The Balaban J connectivity index is 2.21. The summed E-state index contributed by atoms with van der Waals surface area (Å²) in [7, 11) is 0. The first kappa shape index (κ1) is 15.2. The highest BCUT2D eigenvalue weighted by molar-refractivity contribution is 5.92. The Morgan fingerprint density at radius 3 is 2.67 bits per heavy atom. The average molecular weight is 255 g/mol. The molecule has 18 heavy (non-hydrogen) atoms. The van der Waals surface area contributed by atoms with Crippen molar-refractivity contribution in [3.05, 3.63) is 12.2 Å². The molecule has 0 saturated carbocycles. The molecule has 0 aliphatic carbocycles. The minimum absolute atomic E-state index is 0.0353. The highest BCUT2D eigenvalue weighted by atomic mass is 16.7. The number of nitrogens with zero attached hydrogens (tertiary/aromatic N) is 1. The second-order valence-electron chi connectivity index (χ2n) is 4.50. The number of hydrogen-bond acceptors (Lipinski definition) is 3. The Labute approximate surface area is 110 Å². The van der Waals surface area contributed by atoms with Crippen molar-refractivity contribution in [1.82, 2.24) is 4.90 Å². The molecule has 1 fully saturated rings. The van der Waals surface area contributed by atoms with Gasteiger partial charge in [-0.05, 0) is 33.1 Å². The Morgan fingerprint density at radius 1 is 1.39 bits per heavy atom. The first-order valence-electron chi connectivity index (χ1n) is 6.89. The Kier molecular flexibility index (Phi) is 6.98. The Morgan fingerprint density at radius 2 is 2.11 bits per heavy atom. The van der Waals surface area contributed by atoms with Crippen molar-refractivity contribution >= 4 is 5.91 Å². The lowest BCUT2D eigenvalue weighted by Gasteiger charge is -2.23. The SMILES string of the molecule is C=C(CCOC1CCCCO1)C(=O)N(CC)CC. The smallest absolute Gasteiger partial charge is 0.249 e. The lowest BCUT2D eigenvalue weighted by molar-refractivity contribution is -0.162. The van der Waals surface area contributed by atoms with Gasteiger partial charge in [-0.25, -0.2) is 0 Å². The van der Waals surface area contributed by atoms with Crippen molar-refractivity contribution < 1.29 is 14.3 Å². The van der Waals surface area contributed by atoms with E-state index < -0.39 is 0 Å². The van der Waals surface area contributed by atoms with Crippen LogP contribution >= 0.6 is 0 Å². The fraction of sp³-hybridized carbons (Fsp3) is 0.786. The van der Waals surface area contributed by atoms with Gasteiger partial charge >= 0.3 is 0 Å². The van der Waals surface area contributed by atoms with E-state index in [1.54, 1.807) is 4.90 Å². The van der Waals surface area contributed by atoms with Crippen molar-refractivity contribution in [3.8, 4) is 0 Å². The van der Waals surface area contributed by atoms with Gasteiger partial charge in [-0.1, -0.05) is 6.58 Å². The zero-order valence-electron chi connectivity index (χ0n) is 11.6. The standard InChI is InChI=1S/C14H25NO3/c1-4-15(5-2)14(16)12(3)9-11-18-13-8-6-7-10-17-13/h13H,3-11H2,1-2H3. The van der Waals surface area contributed by atoms with E-state index in [0.717, 1.165) is 39.0 Å². The van der Waals surface area contributed by atoms with Gasteiger partial charge in [0.1, 0.15) is 0 Å². The van der Waals surface area contributed by atoms with Crippen LogP contribution < -0.4 is 0 Å². The van der Waals surface area contributed by atoms with Crippen molar-refractivity contribution in [3.63, 3.8) is 0 Å². The van der Waals surface area contributed by atoms with Gasteiger partial charge in [-0.2, -0.15) is 0 Å². The van der Waals surface area contributed by atoms with Crippen LogP contribution in [-0.2, 0) is 14.3 Å². The average Bonchev–Trinajstić information content (AvgIpc) is 2.41. The van der Waals surface area contributed by atoms with Gasteiger partial charge in [-0.15, -0.1) is 0 Å². The van der Waals surface area contributed by atoms with Gasteiger partial charge in [0.2, 0.25) is 5.91 Å². The van der Waals surface area contributed by atoms with E-state index >= 15 is 0 Å². The van der Waals surface area contributed by atoms with E-state index in [9.17, 15) is 4.79 Å². The highest BCUT2D eigenvalue weighted by Gasteiger charge is 2.16. The maximum absolute atomic E-state index is 11.9. The zero-order chi connectivity index (χ0) is 13.4. The third kappa shape index (κ3) is 4.78. The Hall–Kier alpha value is -0.870. The molecule has 4 heteroatoms. The molecular weight excluding hydrogens is 230 g/mol. The molecule has 1 amide bonds. The summed E-state index contributed by atoms with van der Waals surface area (Å²) in [5.74, 6) is 0.0353. The van der Waals surface area contributed by atoms with Crippen LogP contribution in [0.15, 0.2) is 12.2 Å². The highest BCUT2D eigenvalue weighted by Crippen LogP contribution is 2.14. The Bertz CT molecular complexity index is 268. The zero-order valence-corrected chi connectivity index (χ0v) is 11.6. The molecule has 0 aromatic rings. The number of hydrogen-bond donors (Lipinski definition) is 0. The van der Waals surface area contributed by atoms with Gasteiger partial charge < -0.3 is 14.4 Å². The van der Waals surface area contributed by atoms with E-state index in [1.165, 1.54) is 0 Å². The number of rotatable bonds is 7. The lowest BCUT2D eigenvalue weighted by Crippen LogP contribution is -2.32. The van der Waals surface area contributed by atoms with Crippen molar-refractivity contribution in [1.29, 1.82) is 0 Å². The summed E-state index contributed by atoms with van der Waals surface area (Å²) in [4.78, 5) is 13.7. The summed E-state index contributed by atoms with van der Waals surface area (Å²) < 4.78 is 11.1. The largest absolute Gasteiger partial charge is 0.353 e. The van der Waals surface area contributed by atoms with Crippen molar-refractivity contribution in [2.75, 3.05) is 26.3 Å². The van der Waals surface area contributed by atoms with Gasteiger partial charge in [-0.3, -0.25) is 4.79 Å². The summed E-state index contributed by atoms with van der Waals surface area (Å²) >= 11 is 0. The third-order valence-electron chi connectivity index (χ3n) is 3.20. The molecule has 0 aromatic carbocycles.